The van der Waals surface area contributed by atoms with Crippen LogP contribution in [0.3, 0.4) is 0 Å². The lowest BCUT2D eigenvalue weighted by Gasteiger charge is -2.11. The highest BCUT2D eigenvalue weighted by Gasteiger charge is 2.39. The Bertz CT molecular complexity index is 212. The molecule has 0 amide bonds. The Morgan fingerprint density at radius 1 is 1.46 bits per heavy atom. The molecule has 1 saturated carbocycles. The third-order valence-electron chi connectivity index (χ3n) is 2.05. The van der Waals surface area contributed by atoms with Gasteiger partial charge in [0.2, 0.25) is 0 Å². The zero-order valence-corrected chi connectivity index (χ0v) is 6.94. The van der Waals surface area contributed by atoms with Crippen LogP contribution in [0.2, 0.25) is 0 Å². The Labute approximate surface area is 73.6 Å². The van der Waals surface area contributed by atoms with Gasteiger partial charge in [-0.05, 0) is 25.3 Å². The molecular formula is C8H11F4N. The van der Waals surface area contributed by atoms with Crippen molar-refractivity contribution in [2.24, 2.45) is 5.73 Å². The quantitative estimate of drug-likeness (QED) is 0.533. The van der Waals surface area contributed by atoms with Gasteiger partial charge in [-0.1, -0.05) is 5.57 Å². The van der Waals surface area contributed by atoms with Gasteiger partial charge < -0.3 is 5.73 Å². The van der Waals surface area contributed by atoms with Crippen LogP contribution in [0.4, 0.5) is 17.6 Å². The lowest BCUT2D eigenvalue weighted by molar-refractivity contribution is -0.0912. The van der Waals surface area contributed by atoms with E-state index in [4.69, 9.17) is 5.73 Å². The summed E-state index contributed by atoms with van der Waals surface area (Å²) in [6, 6.07) is -0.153. The number of allylic oxidation sites excluding steroid dienone is 1. The van der Waals surface area contributed by atoms with Gasteiger partial charge in [-0.15, -0.1) is 0 Å². The van der Waals surface area contributed by atoms with Gasteiger partial charge in [0.05, 0.1) is 0 Å². The number of rotatable bonds is 2. The van der Waals surface area contributed by atoms with Crippen LogP contribution >= 0.6 is 0 Å². The first-order valence-electron chi connectivity index (χ1n) is 4.04. The van der Waals surface area contributed by atoms with Crippen molar-refractivity contribution in [2.75, 3.05) is 0 Å². The Balaban J connectivity index is 2.65. The molecule has 1 unspecified atom stereocenters. The van der Waals surface area contributed by atoms with Gasteiger partial charge in [0.15, 0.2) is 0 Å². The molecule has 76 valence electrons. The van der Waals surface area contributed by atoms with Crippen molar-refractivity contribution in [3.8, 4) is 0 Å². The van der Waals surface area contributed by atoms with Crippen LogP contribution in [0.15, 0.2) is 11.6 Å². The van der Waals surface area contributed by atoms with Crippen LogP contribution in [0.1, 0.15) is 19.3 Å². The zero-order chi connectivity index (χ0) is 10.1. The molecule has 2 N–H and O–H groups in total. The maximum absolute atomic E-state index is 12.5. The second-order valence-corrected chi connectivity index (χ2v) is 3.28. The van der Waals surface area contributed by atoms with Crippen LogP contribution in [-0.2, 0) is 0 Å². The topological polar surface area (TPSA) is 26.0 Å². The number of hydrogen-bond donors (Lipinski definition) is 1. The molecule has 0 bridgehead atoms. The van der Waals surface area contributed by atoms with E-state index in [1.54, 1.807) is 0 Å². The van der Waals surface area contributed by atoms with E-state index in [0.29, 0.717) is 30.9 Å². The van der Waals surface area contributed by atoms with E-state index < -0.39 is 12.3 Å². The molecule has 5 heteroatoms. The molecule has 1 atom stereocenters. The summed E-state index contributed by atoms with van der Waals surface area (Å²) in [4.78, 5) is 0. The summed E-state index contributed by atoms with van der Waals surface area (Å²) in [5, 5.41) is 0. The van der Waals surface area contributed by atoms with Crippen molar-refractivity contribution in [1.82, 2.24) is 0 Å². The summed E-state index contributed by atoms with van der Waals surface area (Å²) in [5.74, 6) is -4.00. The number of hydrogen-bond acceptors (Lipinski definition) is 1. The molecule has 1 aliphatic rings. The summed E-state index contributed by atoms with van der Waals surface area (Å²) >= 11 is 0. The Hall–Kier alpha value is -0.580. The third-order valence-corrected chi connectivity index (χ3v) is 2.05. The number of halogens is 4. The summed E-state index contributed by atoms with van der Waals surface area (Å²) in [7, 11) is 0. The highest BCUT2D eigenvalue weighted by Crippen LogP contribution is 2.31. The zero-order valence-electron chi connectivity index (χ0n) is 6.94. The van der Waals surface area contributed by atoms with Gasteiger partial charge in [-0.3, -0.25) is 0 Å². The van der Waals surface area contributed by atoms with Crippen LogP contribution in [0.5, 0.6) is 0 Å². The minimum Gasteiger partial charge on any atom is -0.327 e. The van der Waals surface area contributed by atoms with Crippen molar-refractivity contribution in [1.29, 1.82) is 0 Å². The van der Waals surface area contributed by atoms with Gasteiger partial charge in [-0.2, -0.15) is 8.78 Å². The van der Waals surface area contributed by atoms with E-state index in [1.807, 2.05) is 0 Å². The second kappa shape index (κ2) is 3.65. The van der Waals surface area contributed by atoms with Crippen LogP contribution in [0.25, 0.3) is 0 Å². The molecule has 0 aromatic heterocycles. The fraction of sp³-hybridized carbons (Fsp3) is 0.750. The van der Waals surface area contributed by atoms with Gasteiger partial charge in [0, 0.05) is 6.04 Å². The summed E-state index contributed by atoms with van der Waals surface area (Å²) in [6.07, 6.45) is -1.95. The third kappa shape index (κ3) is 2.69. The van der Waals surface area contributed by atoms with Gasteiger partial charge in [0.1, 0.15) is 0 Å². The minimum atomic E-state index is -4.00. The van der Waals surface area contributed by atoms with Crippen LogP contribution in [-0.4, -0.2) is 18.4 Å². The van der Waals surface area contributed by atoms with Gasteiger partial charge in [-0.25, -0.2) is 8.78 Å². The molecule has 1 fully saturated rings. The SMILES string of the molecule is NC1CC/C(=C/C(F)(F)C(F)F)C1. The molecular weight excluding hydrogens is 186 g/mol. The Morgan fingerprint density at radius 2 is 2.08 bits per heavy atom. The smallest absolute Gasteiger partial charge is 0.326 e. The summed E-state index contributed by atoms with van der Waals surface area (Å²) in [5.41, 5.74) is 5.79. The highest BCUT2D eigenvalue weighted by atomic mass is 19.3. The largest absolute Gasteiger partial charge is 0.327 e. The highest BCUT2D eigenvalue weighted by molar-refractivity contribution is 5.14. The minimum absolute atomic E-state index is 0.153. The molecule has 1 rings (SSSR count). The van der Waals surface area contributed by atoms with E-state index in [-0.39, 0.29) is 6.04 Å². The van der Waals surface area contributed by atoms with E-state index >= 15 is 0 Å². The second-order valence-electron chi connectivity index (χ2n) is 3.28. The Kier molecular flexibility index (Phi) is 2.95. The van der Waals surface area contributed by atoms with Gasteiger partial charge in [0.25, 0.3) is 0 Å². The molecule has 0 aliphatic heterocycles. The van der Waals surface area contributed by atoms with E-state index in [1.165, 1.54) is 0 Å². The first-order valence-corrected chi connectivity index (χ1v) is 4.04. The lowest BCUT2D eigenvalue weighted by atomic mass is 10.1. The van der Waals surface area contributed by atoms with Crippen LogP contribution in [0, 0.1) is 0 Å². The number of nitrogens with two attached hydrogens (primary N) is 1. The summed E-state index contributed by atoms with van der Waals surface area (Å²) < 4.78 is 48.4. The molecule has 1 nitrogen and oxygen atoms in total. The van der Waals surface area contributed by atoms with E-state index in [2.05, 4.69) is 0 Å². The lowest BCUT2D eigenvalue weighted by Crippen LogP contribution is -2.24. The van der Waals surface area contributed by atoms with Crippen molar-refractivity contribution in [3.63, 3.8) is 0 Å². The van der Waals surface area contributed by atoms with Gasteiger partial charge >= 0.3 is 12.3 Å². The molecule has 0 aromatic rings. The number of alkyl halides is 4. The molecule has 13 heavy (non-hydrogen) atoms. The first kappa shape index (κ1) is 10.5. The average Bonchev–Trinajstić information content (AvgIpc) is 2.34. The molecule has 0 aromatic carbocycles. The predicted octanol–water partition coefficient (Wildman–Crippen LogP) is 2.32. The molecule has 0 radical (unpaired) electrons. The average molecular weight is 197 g/mol. The van der Waals surface area contributed by atoms with Crippen molar-refractivity contribution >= 4 is 0 Å². The van der Waals surface area contributed by atoms with E-state index in [9.17, 15) is 17.6 Å². The van der Waals surface area contributed by atoms with Crippen LogP contribution < -0.4 is 5.73 Å². The molecule has 0 saturated heterocycles. The maximum Gasteiger partial charge on any atom is 0.326 e. The van der Waals surface area contributed by atoms with Crippen molar-refractivity contribution < 1.29 is 17.6 Å². The normalized spacial score (nSPS) is 27.5. The molecule has 0 spiro atoms. The van der Waals surface area contributed by atoms with E-state index in [0.717, 1.165) is 0 Å². The molecule has 1 aliphatic carbocycles. The standard InChI is InChI=1S/C8H11F4N/c9-7(10)8(11,12)4-5-1-2-6(13)3-5/h4,6-7H,1-3,13H2/b5-4-. The summed E-state index contributed by atoms with van der Waals surface area (Å²) in [6.45, 7) is 0. The molecule has 0 heterocycles. The predicted molar refractivity (Wildman–Crippen MR) is 40.9 cm³/mol. The Morgan fingerprint density at radius 3 is 2.46 bits per heavy atom. The van der Waals surface area contributed by atoms with Crippen molar-refractivity contribution in [2.45, 2.75) is 37.7 Å². The first-order chi connectivity index (χ1) is 5.92. The monoisotopic (exact) mass is 197 g/mol. The fourth-order valence-corrected chi connectivity index (χ4v) is 1.38. The van der Waals surface area contributed by atoms with Crippen molar-refractivity contribution in [3.05, 3.63) is 11.6 Å². The fourth-order valence-electron chi connectivity index (χ4n) is 1.38. The maximum atomic E-state index is 12.5.